The molecule has 1 fully saturated rings. The molecule has 11 heteroatoms. The fourth-order valence-corrected chi connectivity index (χ4v) is 3.57. The molecule has 0 atom stereocenters. The maximum absolute atomic E-state index is 12.3. The number of carbonyl (C=O) groups excluding carboxylic acids is 2. The van der Waals surface area contributed by atoms with Crippen molar-refractivity contribution in [3.63, 3.8) is 0 Å². The SMILES string of the molecule is CCOC(=O)c1ccccc1Nc1nc(Nc2ccc(OCC(=O)N3CCOCC3)cc2)ncc1Cl. The van der Waals surface area contributed by atoms with E-state index in [9.17, 15) is 9.59 Å². The molecule has 2 N–H and O–H groups in total. The summed E-state index contributed by atoms with van der Waals surface area (Å²) in [6, 6.07) is 14.0. The van der Waals surface area contributed by atoms with Gasteiger partial charge in [-0.15, -0.1) is 0 Å². The van der Waals surface area contributed by atoms with Gasteiger partial charge in [0.1, 0.15) is 10.8 Å². The summed E-state index contributed by atoms with van der Waals surface area (Å²) in [6.45, 7) is 4.24. The van der Waals surface area contributed by atoms with Crippen LogP contribution in [0, 0.1) is 0 Å². The number of hydrogen-bond acceptors (Lipinski definition) is 9. The number of anilines is 4. The summed E-state index contributed by atoms with van der Waals surface area (Å²) in [7, 11) is 0. The molecule has 1 saturated heterocycles. The maximum Gasteiger partial charge on any atom is 0.340 e. The smallest absolute Gasteiger partial charge is 0.340 e. The lowest BCUT2D eigenvalue weighted by molar-refractivity contribution is -0.137. The van der Waals surface area contributed by atoms with Crippen LogP contribution in [0.25, 0.3) is 0 Å². The summed E-state index contributed by atoms with van der Waals surface area (Å²) in [4.78, 5) is 34.9. The lowest BCUT2D eigenvalue weighted by Gasteiger charge is -2.26. The van der Waals surface area contributed by atoms with Crippen molar-refractivity contribution in [1.82, 2.24) is 14.9 Å². The topological polar surface area (TPSA) is 115 Å². The van der Waals surface area contributed by atoms with E-state index in [0.29, 0.717) is 60.8 Å². The number of morpholine rings is 1. The quantitative estimate of drug-likeness (QED) is 0.411. The maximum atomic E-state index is 12.3. The monoisotopic (exact) mass is 511 g/mol. The Morgan fingerprint density at radius 2 is 1.83 bits per heavy atom. The van der Waals surface area contributed by atoms with Crippen molar-refractivity contribution in [2.75, 3.05) is 50.2 Å². The predicted molar refractivity (Wildman–Crippen MR) is 135 cm³/mol. The first kappa shape index (κ1) is 25.2. The van der Waals surface area contributed by atoms with Crippen LogP contribution < -0.4 is 15.4 Å². The summed E-state index contributed by atoms with van der Waals surface area (Å²) in [5.74, 6) is 0.675. The van der Waals surface area contributed by atoms with Crippen LogP contribution in [0.4, 0.5) is 23.1 Å². The molecular formula is C25H26ClN5O5. The highest BCUT2D eigenvalue weighted by atomic mass is 35.5. The number of benzene rings is 2. The first-order valence-corrected chi connectivity index (χ1v) is 11.8. The third-order valence-corrected chi connectivity index (χ3v) is 5.53. The number of nitrogens with zero attached hydrogens (tertiary/aromatic N) is 3. The summed E-state index contributed by atoms with van der Waals surface area (Å²) in [5, 5.41) is 6.47. The van der Waals surface area contributed by atoms with Crippen molar-refractivity contribution >= 4 is 46.6 Å². The highest BCUT2D eigenvalue weighted by molar-refractivity contribution is 6.33. The van der Waals surface area contributed by atoms with Gasteiger partial charge in [-0.05, 0) is 43.3 Å². The Labute approximate surface area is 213 Å². The zero-order valence-electron chi connectivity index (χ0n) is 19.7. The average molecular weight is 512 g/mol. The van der Waals surface area contributed by atoms with Crippen LogP contribution in [0.2, 0.25) is 5.02 Å². The Morgan fingerprint density at radius 1 is 1.08 bits per heavy atom. The van der Waals surface area contributed by atoms with Crippen LogP contribution in [0.3, 0.4) is 0 Å². The fourth-order valence-electron chi connectivity index (χ4n) is 3.43. The van der Waals surface area contributed by atoms with Crippen LogP contribution >= 0.6 is 11.6 Å². The van der Waals surface area contributed by atoms with Gasteiger partial charge in [0, 0.05) is 18.8 Å². The van der Waals surface area contributed by atoms with Gasteiger partial charge in [-0.1, -0.05) is 23.7 Å². The molecular weight excluding hydrogens is 486 g/mol. The number of halogens is 1. The van der Waals surface area contributed by atoms with E-state index in [4.69, 9.17) is 25.8 Å². The van der Waals surface area contributed by atoms with Gasteiger partial charge in [0.15, 0.2) is 12.4 Å². The molecule has 2 aromatic carbocycles. The van der Waals surface area contributed by atoms with Gasteiger partial charge in [-0.3, -0.25) is 4.79 Å². The van der Waals surface area contributed by atoms with Gasteiger partial charge >= 0.3 is 5.97 Å². The summed E-state index contributed by atoms with van der Waals surface area (Å²) in [5.41, 5.74) is 1.59. The lowest BCUT2D eigenvalue weighted by Crippen LogP contribution is -2.42. The van der Waals surface area contributed by atoms with E-state index in [2.05, 4.69) is 20.6 Å². The van der Waals surface area contributed by atoms with E-state index < -0.39 is 5.97 Å². The van der Waals surface area contributed by atoms with E-state index >= 15 is 0 Å². The highest BCUT2D eigenvalue weighted by Gasteiger charge is 2.17. The van der Waals surface area contributed by atoms with Gasteiger partial charge in [0.25, 0.3) is 5.91 Å². The molecule has 0 unspecified atom stereocenters. The van der Waals surface area contributed by atoms with Gasteiger partial charge in [0.2, 0.25) is 5.95 Å². The van der Waals surface area contributed by atoms with Crippen LogP contribution in [-0.2, 0) is 14.3 Å². The zero-order valence-corrected chi connectivity index (χ0v) is 20.5. The molecule has 188 valence electrons. The van der Waals surface area contributed by atoms with E-state index in [1.807, 2.05) is 0 Å². The average Bonchev–Trinajstić information content (AvgIpc) is 2.91. The second kappa shape index (κ2) is 12.2. The van der Waals surface area contributed by atoms with Crippen molar-refractivity contribution in [2.24, 2.45) is 0 Å². The van der Waals surface area contributed by atoms with Gasteiger partial charge < -0.3 is 29.7 Å². The van der Waals surface area contributed by atoms with E-state index in [1.54, 1.807) is 60.4 Å². The lowest BCUT2D eigenvalue weighted by atomic mass is 10.2. The Bertz CT molecular complexity index is 1200. The van der Waals surface area contributed by atoms with E-state index in [0.717, 1.165) is 0 Å². The number of esters is 1. The second-order valence-electron chi connectivity index (χ2n) is 7.71. The molecule has 36 heavy (non-hydrogen) atoms. The summed E-state index contributed by atoms with van der Waals surface area (Å²) < 4.78 is 16.0. The minimum absolute atomic E-state index is 0.0324. The number of carbonyl (C=O) groups is 2. The number of amides is 1. The molecule has 2 heterocycles. The normalized spacial score (nSPS) is 13.1. The Kier molecular flexibility index (Phi) is 8.53. The molecule has 0 aliphatic carbocycles. The molecule has 0 bridgehead atoms. The standard InChI is InChI=1S/C25H26ClN5O5/c1-2-35-24(33)19-5-3-4-6-21(19)29-23-20(26)15-27-25(30-23)28-17-7-9-18(10-8-17)36-16-22(32)31-11-13-34-14-12-31/h3-10,15H,2,11-14,16H2,1H3,(H2,27,28,29,30). The summed E-state index contributed by atoms with van der Waals surface area (Å²) in [6.07, 6.45) is 1.46. The number of ether oxygens (including phenoxy) is 3. The predicted octanol–water partition coefficient (Wildman–Crippen LogP) is 4.03. The molecule has 0 spiro atoms. The highest BCUT2D eigenvalue weighted by Crippen LogP contribution is 2.27. The van der Waals surface area contributed by atoms with Crippen LogP contribution in [0.1, 0.15) is 17.3 Å². The number of nitrogens with one attached hydrogen (secondary N) is 2. The minimum atomic E-state index is -0.446. The molecule has 10 nitrogen and oxygen atoms in total. The molecule has 0 radical (unpaired) electrons. The van der Waals surface area contributed by atoms with Crippen molar-refractivity contribution in [3.05, 3.63) is 65.3 Å². The molecule has 1 aliphatic heterocycles. The van der Waals surface area contributed by atoms with Gasteiger partial charge in [-0.25, -0.2) is 9.78 Å². The number of para-hydroxylation sites is 1. The Morgan fingerprint density at radius 3 is 2.58 bits per heavy atom. The summed E-state index contributed by atoms with van der Waals surface area (Å²) >= 11 is 6.29. The molecule has 3 aromatic rings. The van der Waals surface area contributed by atoms with E-state index in [1.165, 1.54) is 6.20 Å². The van der Waals surface area contributed by atoms with Crippen LogP contribution in [-0.4, -0.2) is 66.3 Å². The van der Waals surface area contributed by atoms with Crippen molar-refractivity contribution < 1.29 is 23.8 Å². The van der Waals surface area contributed by atoms with Gasteiger partial charge in [-0.2, -0.15) is 4.98 Å². The fraction of sp³-hybridized carbons (Fsp3) is 0.280. The molecule has 1 aliphatic rings. The van der Waals surface area contributed by atoms with Crippen molar-refractivity contribution in [1.29, 1.82) is 0 Å². The van der Waals surface area contributed by atoms with Gasteiger partial charge in [0.05, 0.1) is 37.3 Å². The largest absolute Gasteiger partial charge is 0.484 e. The minimum Gasteiger partial charge on any atom is -0.484 e. The first-order chi connectivity index (χ1) is 17.5. The van der Waals surface area contributed by atoms with Crippen LogP contribution in [0.15, 0.2) is 54.7 Å². The van der Waals surface area contributed by atoms with Crippen molar-refractivity contribution in [2.45, 2.75) is 6.92 Å². The third kappa shape index (κ3) is 6.61. The van der Waals surface area contributed by atoms with Crippen LogP contribution in [0.5, 0.6) is 5.75 Å². The molecule has 0 saturated carbocycles. The number of hydrogen-bond donors (Lipinski definition) is 2. The second-order valence-corrected chi connectivity index (χ2v) is 8.12. The van der Waals surface area contributed by atoms with Crippen molar-refractivity contribution in [3.8, 4) is 5.75 Å². The Hall–Kier alpha value is -3.89. The Balaban J connectivity index is 1.39. The van der Waals surface area contributed by atoms with E-state index in [-0.39, 0.29) is 24.1 Å². The zero-order chi connectivity index (χ0) is 25.3. The molecule has 4 rings (SSSR count). The molecule has 1 aromatic heterocycles. The number of aromatic nitrogens is 2. The first-order valence-electron chi connectivity index (χ1n) is 11.4. The number of rotatable bonds is 9. The third-order valence-electron chi connectivity index (χ3n) is 5.26. The molecule has 1 amide bonds.